The Morgan fingerprint density at radius 1 is 1.58 bits per heavy atom. The normalized spacial score (nSPS) is 16.8. The quantitative estimate of drug-likeness (QED) is 0.669. The molecule has 1 aliphatic carbocycles. The third kappa shape index (κ3) is 1.38. The lowest BCUT2D eigenvalue weighted by Gasteiger charge is -2.02. The largest absolute Gasteiger partial charge is 0.269 e. The second kappa shape index (κ2) is 2.92. The summed E-state index contributed by atoms with van der Waals surface area (Å²) in [5.74, 6) is 0.924. The summed E-state index contributed by atoms with van der Waals surface area (Å²) in [7, 11) is 0. The van der Waals surface area contributed by atoms with E-state index in [9.17, 15) is 0 Å². The van der Waals surface area contributed by atoms with Gasteiger partial charge in [0.2, 0.25) is 0 Å². The zero-order valence-corrected chi connectivity index (χ0v) is 7.88. The van der Waals surface area contributed by atoms with Crippen LogP contribution in [0.25, 0.3) is 0 Å². The zero-order valence-electron chi connectivity index (χ0n) is 7.88. The number of hydrogen-bond acceptors (Lipinski definition) is 1. The summed E-state index contributed by atoms with van der Waals surface area (Å²) >= 11 is 0. The minimum atomic E-state index is 0.924. The molecule has 0 N–H and O–H groups in total. The molecule has 66 valence electrons. The van der Waals surface area contributed by atoms with Crippen LogP contribution >= 0.6 is 0 Å². The van der Waals surface area contributed by atoms with Crippen molar-refractivity contribution in [3.8, 4) is 0 Å². The Morgan fingerprint density at radius 3 is 2.83 bits per heavy atom. The van der Waals surface area contributed by atoms with E-state index in [0.717, 1.165) is 18.9 Å². The fourth-order valence-corrected chi connectivity index (χ4v) is 1.56. The first-order valence-electron chi connectivity index (χ1n) is 4.82. The van der Waals surface area contributed by atoms with Gasteiger partial charge >= 0.3 is 0 Å². The van der Waals surface area contributed by atoms with Gasteiger partial charge in [-0.1, -0.05) is 6.92 Å². The van der Waals surface area contributed by atoms with Crippen molar-refractivity contribution in [1.29, 1.82) is 0 Å². The predicted octanol–water partition coefficient (Wildman–Crippen LogP) is 2.16. The lowest BCUT2D eigenvalue weighted by molar-refractivity contribution is 0.549. The maximum Gasteiger partial charge on any atom is 0.0524 e. The molecule has 1 aromatic heterocycles. The number of aromatic nitrogens is 2. The Morgan fingerprint density at radius 2 is 2.33 bits per heavy atom. The van der Waals surface area contributed by atoms with Crippen molar-refractivity contribution in [2.45, 2.75) is 39.7 Å². The Labute approximate surface area is 73.6 Å². The van der Waals surface area contributed by atoms with Gasteiger partial charge in [-0.25, -0.2) is 0 Å². The van der Waals surface area contributed by atoms with E-state index in [1.54, 1.807) is 0 Å². The molecule has 12 heavy (non-hydrogen) atoms. The Bertz CT molecular complexity index is 271. The summed E-state index contributed by atoms with van der Waals surface area (Å²) in [6.07, 6.45) is 5.93. The summed E-state index contributed by atoms with van der Waals surface area (Å²) < 4.78 is 2.16. The minimum absolute atomic E-state index is 0.924. The summed E-state index contributed by atoms with van der Waals surface area (Å²) in [6.45, 7) is 5.51. The Kier molecular flexibility index (Phi) is 1.91. The van der Waals surface area contributed by atoms with E-state index in [2.05, 4.69) is 23.6 Å². The van der Waals surface area contributed by atoms with Gasteiger partial charge in [0.05, 0.1) is 6.20 Å². The van der Waals surface area contributed by atoms with Crippen molar-refractivity contribution in [2.75, 3.05) is 0 Å². The zero-order chi connectivity index (χ0) is 8.55. The highest BCUT2D eigenvalue weighted by molar-refractivity contribution is 5.15. The molecule has 1 fully saturated rings. The average molecular weight is 164 g/mol. The monoisotopic (exact) mass is 164 g/mol. The van der Waals surface area contributed by atoms with Crippen molar-refractivity contribution in [3.63, 3.8) is 0 Å². The Hall–Kier alpha value is -0.790. The summed E-state index contributed by atoms with van der Waals surface area (Å²) in [5, 5.41) is 4.38. The highest BCUT2D eigenvalue weighted by Gasteiger charge is 2.22. The SMILES string of the molecule is CCc1cnn(CC2CC2)c1C. The van der Waals surface area contributed by atoms with E-state index in [0.29, 0.717) is 0 Å². The molecule has 1 saturated carbocycles. The van der Waals surface area contributed by atoms with E-state index in [4.69, 9.17) is 0 Å². The first-order chi connectivity index (χ1) is 5.81. The van der Waals surface area contributed by atoms with Crippen molar-refractivity contribution in [2.24, 2.45) is 5.92 Å². The first-order valence-corrected chi connectivity index (χ1v) is 4.82. The maximum absolute atomic E-state index is 4.38. The molecule has 1 aliphatic rings. The third-order valence-corrected chi connectivity index (χ3v) is 2.71. The van der Waals surface area contributed by atoms with Gasteiger partial charge < -0.3 is 0 Å². The second-order valence-electron chi connectivity index (χ2n) is 3.73. The molecule has 0 saturated heterocycles. The smallest absolute Gasteiger partial charge is 0.0524 e. The molecule has 0 bridgehead atoms. The van der Waals surface area contributed by atoms with Crippen LogP contribution in [-0.4, -0.2) is 9.78 Å². The topological polar surface area (TPSA) is 17.8 Å². The van der Waals surface area contributed by atoms with E-state index in [1.807, 2.05) is 6.20 Å². The van der Waals surface area contributed by atoms with Gasteiger partial charge in [-0.2, -0.15) is 5.10 Å². The Balaban J connectivity index is 2.13. The lowest BCUT2D eigenvalue weighted by atomic mass is 10.2. The summed E-state index contributed by atoms with van der Waals surface area (Å²) in [4.78, 5) is 0. The summed E-state index contributed by atoms with van der Waals surface area (Å²) in [5.41, 5.74) is 2.76. The molecule has 0 atom stereocenters. The molecular weight excluding hydrogens is 148 g/mol. The number of hydrogen-bond donors (Lipinski definition) is 0. The van der Waals surface area contributed by atoms with Gasteiger partial charge in [0.15, 0.2) is 0 Å². The van der Waals surface area contributed by atoms with Crippen LogP contribution in [0.4, 0.5) is 0 Å². The average Bonchev–Trinajstić information content (AvgIpc) is 2.80. The van der Waals surface area contributed by atoms with E-state index in [-0.39, 0.29) is 0 Å². The van der Waals surface area contributed by atoms with Gasteiger partial charge in [-0.15, -0.1) is 0 Å². The van der Waals surface area contributed by atoms with Crippen molar-refractivity contribution >= 4 is 0 Å². The molecular formula is C10H16N2. The van der Waals surface area contributed by atoms with Crippen molar-refractivity contribution < 1.29 is 0 Å². The van der Waals surface area contributed by atoms with Crippen molar-refractivity contribution in [3.05, 3.63) is 17.5 Å². The molecule has 0 aliphatic heterocycles. The van der Waals surface area contributed by atoms with Crippen LogP contribution < -0.4 is 0 Å². The first kappa shape index (κ1) is 7.84. The highest BCUT2D eigenvalue weighted by Crippen LogP contribution is 2.30. The number of aryl methyl sites for hydroxylation is 1. The van der Waals surface area contributed by atoms with Crippen LogP contribution in [0.1, 0.15) is 31.0 Å². The van der Waals surface area contributed by atoms with Gasteiger partial charge in [0.1, 0.15) is 0 Å². The van der Waals surface area contributed by atoms with E-state index >= 15 is 0 Å². The highest BCUT2D eigenvalue weighted by atomic mass is 15.3. The predicted molar refractivity (Wildman–Crippen MR) is 49.1 cm³/mol. The molecule has 0 spiro atoms. The molecule has 1 heterocycles. The fraction of sp³-hybridized carbons (Fsp3) is 0.700. The van der Waals surface area contributed by atoms with Crippen LogP contribution in [0.5, 0.6) is 0 Å². The number of rotatable bonds is 3. The number of nitrogens with zero attached hydrogens (tertiary/aromatic N) is 2. The van der Waals surface area contributed by atoms with Crippen molar-refractivity contribution in [1.82, 2.24) is 9.78 Å². The third-order valence-electron chi connectivity index (χ3n) is 2.71. The van der Waals surface area contributed by atoms with E-state index in [1.165, 1.54) is 24.1 Å². The van der Waals surface area contributed by atoms with Gasteiger partial charge in [0.25, 0.3) is 0 Å². The van der Waals surface area contributed by atoms with Gasteiger partial charge in [0, 0.05) is 12.2 Å². The van der Waals surface area contributed by atoms with Gasteiger partial charge in [-0.3, -0.25) is 4.68 Å². The minimum Gasteiger partial charge on any atom is -0.269 e. The second-order valence-corrected chi connectivity index (χ2v) is 3.73. The molecule has 2 rings (SSSR count). The molecule has 0 aromatic carbocycles. The molecule has 2 heteroatoms. The van der Waals surface area contributed by atoms with E-state index < -0.39 is 0 Å². The lowest BCUT2D eigenvalue weighted by Crippen LogP contribution is -2.03. The molecule has 0 amide bonds. The van der Waals surface area contributed by atoms with Crippen LogP contribution in [0.15, 0.2) is 6.20 Å². The van der Waals surface area contributed by atoms with Gasteiger partial charge in [-0.05, 0) is 37.7 Å². The van der Waals surface area contributed by atoms with Crippen LogP contribution in [-0.2, 0) is 13.0 Å². The standard InChI is InChI=1S/C10H16N2/c1-3-10-6-11-12(8(10)2)7-9-4-5-9/h6,9H,3-5,7H2,1-2H3. The maximum atomic E-state index is 4.38. The van der Waals surface area contributed by atoms with Crippen LogP contribution in [0, 0.1) is 12.8 Å². The van der Waals surface area contributed by atoms with Crippen LogP contribution in [0.3, 0.4) is 0 Å². The van der Waals surface area contributed by atoms with Crippen LogP contribution in [0.2, 0.25) is 0 Å². The molecule has 2 nitrogen and oxygen atoms in total. The molecule has 1 aromatic rings. The molecule has 0 unspecified atom stereocenters. The summed E-state index contributed by atoms with van der Waals surface area (Å²) in [6, 6.07) is 0. The fourth-order valence-electron chi connectivity index (χ4n) is 1.56. The molecule has 0 radical (unpaired) electrons.